The number of likely N-dealkylation sites (tertiary alicyclic amines) is 1. The lowest BCUT2D eigenvalue weighted by Crippen LogP contribution is -2.49. The molecule has 5 rings (SSSR count). The van der Waals surface area contributed by atoms with Gasteiger partial charge >= 0.3 is 6.09 Å². The van der Waals surface area contributed by atoms with Gasteiger partial charge in [0, 0.05) is 61.8 Å². The van der Waals surface area contributed by atoms with Crippen LogP contribution in [-0.2, 0) is 13.0 Å². The molecule has 0 bridgehead atoms. The third kappa shape index (κ3) is 7.90. The summed E-state index contributed by atoms with van der Waals surface area (Å²) in [6.07, 6.45) is 7.12. The van der Waals surface area contributed by atoms with E-state index in [2.05, 4.69) is 32.0 Å². The first-order valence-corrected chi connectivity index (χ1v) is 15.5. The number of thiazole rings is 1. The molecule has 1 unspecified atom stereocenters. The molecule has 1 aromatic carbocycles. The molecule has 0 saturated carbocycles. The first-order chi connectivity index (χ1) is 20.0. The molecule has 1 N–H and O–H groups in total. The van der Waals surface area contributed by atoms with Crippen molar-refractivity contribution in [2.45, 2.75) is 58.5 Å². The first kappa shape index (κ1) is 29.2. The second-order valence-electron chi connectivity index (χ2n) is 10.9. The van der Waals surface area contributed by atoms with Crippen LogP contribution in [0.3, 0.4) is 0 Å². The Morgan fingerprint density at radius 2 is 1.83 bits per heavy atom. The van der Waals surface area contributed by atoms with Crippen LogP contribution in [0.1, 0.15) is 59.1 Å². The van der Waals surface area contributed by atoms with E-state index < -0.39 is 6.09 Å². The van der Waals surface area contributed by atoms with Crippen LogP contribution in [0.15, 0.2) is 48.1 Å². The first-order valence-electron chi connectivity index (χ1n) is 14.7. The summed E-state index contributed by atoms with van der Waals surface area (Å²) in [5.74, 6) is 0.0134. The van der Waals surface area contributed by atoms with Gasteiger partial charge in [-0.05, 0) is 62.9 Å². The number of anilines is 1. The molecule has 218 valence electrons. The SMILES string of the molecule is CCC1CCCCN1Cc1ccc(C(=O)Nc2ccc(OC(=O)N3CCN(CCc4scnc4C)CC3)nc2)cc1. The fourth-order valence-electron chi connectivity index (χ4n) is 5.58. The molecule has 2 aliphatic heterocycles. The van der Waals surface area contributed by atoms with Crippen LogP contribution in [0.25, 0.3) is 0 Å². The predicted octanol–water partition coefficient (Wildman–Crippen LogP) is 5.22. The van der Waals surface area contributed by atoms with E-state index in [9.17, 15) is 9.59 Å². The Balaban J connectivity index is 1.05. The lowest BCUT2D eigenvalue weighted by Gasteiger charge is -2.35. The maximum atomic E-state index is 12.8. The highest BCUT2D eigenvalue weighted by atomic mass is 32.1. The van der Waals surface area contributed by atoms with E-state index in [1.165, 1.54) is 42.3 Å². The van der Waals surface area contributed by atoms with Crippen LogP contribution < -0.4 is 10.1 Å². The van der Waals surface area contributed by atoms with Crippen molar-refractivity contribution in [3.05, 3.63) is 69.8 Å². The number of nitrogens with zero attached hydrogens (tertiary/aromatic N) is 5. The molecule has 3 aromatic rings. The molecule has 2 fully saturated rings. The summed E-state index contributed by atoms with van der Waals surface area (Å²) in [6.45, 7) is 10.2. The normalized spacial score (nSPS) is 18.3. The van der Waals surface area contributed by atoms with E-state index in [1.807, 2.05) is 36.7 Å². The molecule has 9 nitrogen and oxygen atoms in total. The van der Waals surface area contributed by atoms with Gasteiger partial charge in [-0.2, -0.15) is 0 Å². The molecular weight excluding hydrogens is 536 g/mol. The van der Waals surface area contributed by atoms with E-state index in [-0.39, 0.29) is 11.8 Å². The molecule has 41 heavy (non-hydrogen) atoms. The van der Waals surface area contributed by atoms with Crippen LogP contribution in [-0.4, -0.2) is 82.0 Å². The van der Waals surface area contributed by atoms with Crippen LogP contribution in [0.5, 0.6) is 5.88 Å². The van der Waals surface area contributed by atoms with E-state index in [0.717, 1.165) is 44.8 Å². The third-order valence-corrected chi connectivity index (χ3v) is 9.13. The Hall–Kier alpha value is -3.34. The number of pyridine rings is 1. The summed E-state index contributed by atoms with van der Waals surface area (Å²) >= 11 is 1.70. The highest BCUT2D eigenvalue weighted by Crippen LogP contribution is 2.22. The summed E-state index contributed by atoms with van der Waals surface area (Å²) in [5, 5.41) is 2.88. The van der Waals surface area contributed by atoms with Crippen molar-refractivity contribution < 1.29 is 14.3 Å². The van der Waals surface area contributed by atoms with Gasteiger partial charge in [-0.25, -0.2) is 14.8 Å². The van der Waals surface area contributed by atoms with Crippen molar-refractivity contribution in [3.63, 3.8) is 0 Å². The molecule has 0 radical (unpaired) electrons. The number of aromatic nitrogens is 2. The summed E-state index contributed by atoms with van der Waals surface area (Å²) < 4.78 is 5.49. The molecule has 2 saturated heterocycles. The Morgan fingerprint density at radius 1 is 1.02 bits per heavy atom. The molecule has 2 amide bonds. The number of hydrogen-bond donors (Lipinski definition) is 1. The number of aryl methyl sites for hydroxylation is 1. The number of carbonyl (C=O) groups excluding carboxylic acids is 2. The number of piperidine rings is 1. The van der Waals surface area contributed by atoms with E-state index in [4.69, 9.17) is 4.74 Å². The van der Waals surface area contributed by atoms with Crippen molar-refractivity contribution in [1.82, 2.24) is 24.7 Å². The van der Waals surface area contributed by atoms with Gasteiger partial charge in [0.25, 0.3) is 5.91 Å². The second kappa shape index (κ2) is 14.0. The quantitative estimate of drug-likeness (QED) is 0.373. The summed E-state index contributed by atoms with van der Waals surface area (Å²) in [7, 11) is 0. The zero-order valence-corrected chi connectivity index (χ0v) is 24.9. The molecule has 2 aliphatic rings. The Morgan fingerprint density at radius 3 is 2.51 bits per heavy atom. The lowest BCUT2D eigenvalue weighted by atomic mass is 9.99. The van der Waals surface area contributed by atoms with Crippen LogP contribution in [0.2, 0.25) is 0 Å². The van der Waals surface area contributed by atoms with Crippen molar-refractivity contribution in [3.8, 4) is 5.88 Å². The monoisotopic (exact) mass is 576 g/mol. The smallest absolute Gasteiger partial charge is 0.391 e. The average molecular weight is 577 g/mol. The number of benzene rings is 1. The summed E-state index contributed by atoms with van der Waals surface area (Å²) in [5.41, 5.74) is 5.36. The van der Waals surface area contributed by atoms with Crippen molar-refractivity contribution in [2.24, 2.45) is 0 Å². The van der Waals surface area contributed by atoms with Crippen molar-refractivity contribution >= 4 is 29.0 Å². The topological polar surface area (TPSA) is 90.9 Å². The number of carbonyl (C=O) groups is 2. The number of ether oxygens (including phenoxy) is 1. The van der Waals surface area contributed by atoms with Crippen LogP contribution in [0, 0.1) is 6.92 Å². The Labute approximate surface area is 246 Å². The zero-order chi connectivity index (χ0) is 28.6. The average Bonchev–Trinajstić information content (AvgIpc) is 3.42. The number of nitrogens with one attached hydrogen (secondary N) is 1. The maximum Gasteiger partial charge on any atom is 0.416 e. The molecular formula is C31H40N6O3S. The van der Waals surface area contributed by atoms with Gasteiger partial charge in [-0.1, -0.05) is 25.5 Å². The van der Waals surface area contributed by atoms with Gasteiger partial charge in [0.05, 0.1) is 23.1 Å². The van der Waals surface area contributed by atoms with Gasteiger partial charge in [0.15, 0.2) is 0 Å². The maximum absolute atomic E-state index is 12.8. The van der Waals surface area contributed by atoms with Crippen molar-refractivity contribution in [1.29, 1.82) is 0 Å². The minimum absolute atomic E-state index is 0.198. The molecule has 0 spiro atoms. The van der Waals surface area contributed by atoms with Gasteiger partial charge < -0.3 is 15.0 Å². The highest BCUT2D eigenvalue weighted by molar-refractivity contribution is 7.09. The molecule has 2 aromatic heterocycles. The van der Waals surface area contributed by atoms with Gasteiger partial charge in [-0.15, -0.1) is 11.3 Å². The third-order valence-electron chi connectivity index (χ3n) is 8.14. The predicted molar refractivity (Wildman–Crippen MR) is 162 cm³/mol. The molecule has 0 aliphatic carbocycles. The van der Waals surface area contributed by atoms with Crippen molar-refractivity contribution in [2.75, 3.05) is 44.6 Å². The van der Waals surface area contributed by atoms with Crippen LogP contribution >= 0.6 is 11.3 Å². The standard InChI is InChI=1S/C31H40N6O3S/c1-3-27-6-4-5-14-37(27)21-24-7-9-25(10-8-24)30(38)34-26-11-12-29(32-20-26)40-31(39)36-18-16-35(17-19-36)15-13-28-23(2)33-22-41-28/h7-12,20,22,27H,3-6,13-19,21H2,1-2H3,(H,34,38). The fraction of sp³-hybridized carbons (Fsp3) is 0.484. The zero-order valence-electron chi connectivity index (χ0n) is 24.1. The molecule has 10 heteroatoms. The van der Waals surface area contributed by atoms with Gasteiger partial charge in [0.1, 0.15) is 0 Å². The van der Waals surface area contributed by atoms with Gasteiger partial charge in [-0.3, -0.25) is 14.6 Å². The Bertz CT molecular complexity index is 1290. The van der Waals surface area contributed by atoms with Gasteiger partial charge in [0.2, 0.25) is 5.88 Å². The second-order valence-corrected chi connectivity index (χ2v) is 11.8. The number of hydrogen-bond acceptors (Lipinski definition) is 8. The van der Waals surface area contributed by atoms with E-state index in [0.29, 0.717) is 30.4 Å². The van der Waals surface area contributed by atoms with E-state index in [1.54, 1.807) is 28.4 Å². The number of amides is 2. The fourth-order valence-corrected chi connectivity index (χ4v) is 6.35. The minimum atomic E-state index is -0.401. The lowest BCUT2D eigenvalue weighted by molar-refractivity contribution is 0.102. The van der Waals surface area contributed by atoms with E-state index >= 15 is 0 Å². The van der Waals surface area contributed by atoms with Crippen LogP contribution in [0.4, 0.5) is 10.5 Å². The molecule has 4 heterocycles. The highest BCUT2D eigenvalue weighted by Gasteiger charge is 2.23. The summed E-state index contributed by atoms with van der Waals surface area (Å²) in [4.78, 5) is 42.0. The molecule has 1 atom stereocenters. The minimum Gasteiger partial charge on any atom is -0.391 e. The summed E-state index contributed by atoms with van der Waals surface area (Å²) in [6, 6.07) is 11.8. The largest absolute Gasteiger partial charge is 0.416 e. The Kier molecular flexibility index (Phi) is 9.97. The number of piperazine rings is 1. The number of rotatable bonds is 9.